The van der Waals surface area contributed by atoms with E-state index in [0.29, 0.717) is 17.7 Å². The largest absolute Gasteiger partial charge is 0.548 e. The molecule has 1 N–H and O–H groups in total. The number of benzene rings is 4. The topological polar surface area (TPSA) is 93.8 Å². The van der Waals surface area contributed by atoms with Gasteiger partial charge in [0.25, 0.3) is 5.24 Å². The Balaban J connectivity index is 0.000000243. The van der Waals surface area contributed by atoms with Gasteiger partial charge < -0.3 is 13.9 Å². The number of aryl methyl sites for hydroxylation is 7. The van der Waals surface area contributed by atoms with Crippen molar-refractivity contribution >= 4 is 60.2 Å². The maximum Gasteiger partial charge on any atom is 0.347 e. The fourth-order valence-electron chi connectivity index (χ4n) is 6.29. The van der Waals surface area contributed by atoms with Crippen LogP contribution in [0.5, 0.6) is 5.75 Å². The normalized spacial score (nSPS) is 10.6. The molecule has 0 amide bonds. The van der Waals surface area contributed by atoms with Gasteiger partial charge in [-0.25, -0.2) is 9.59 Å². The highest BCUT2D eigenvalue weighted by atomic mass is 35.5. The van der Waals surface area contributed by atoms with Gasteiger partial charge in [0.05, 0.1) is 5.76 Å². The van der Waals surface area contributed by atoms with E-state index in [4.69, 9.17) is 20.4 Å². The first kappa shape index (κ1) is 46.9. The molecule has 0 aliphatic rings. The molecule has 5 aromatic rings. The molecule has 300 valence electrons. The minimum atomic E-state index is -1.46. The number of carbonyl (C=O) groups excluding carboxylic acids is 2. The Hall–Kier alpha value is -4.50. The zero-order chi connectivity index (χ0) is 42.3. The molecule has 0 aliphatic heterocycles. The molecule has 0 aliphatic carbocycles. The van der Waals surface area contributed by atoms with Crippen LogP contribution < -0.4 is 5.63 Å². The summed E-state index contributed by atoms with van der Waals surface area (Å²) in [5.41, 5.74) is 6.87. The third-order valence-electron chi connectivity index (χ3n) is 8.34. The highest BCUT2D eigenvalue weighted by molar-refractivity contribution is 7.99. The van der Waals surface area contributed by atoms with Crippen molar-refractivity contribution in [3.05, 3.63) is 158 Å². The average Bonchev–Trinajstić information content (AvgIpc) is 3.11. The van der Waals surface area contributed by atoms with Crippen LogP contribution in [0, 0.1) is 41.5 Å². The van der Waals surface area contributed by atoms with Crippen LogP contribution in [-0.2, 0) is 20.4 Å². The summed E-state index contributed by atoms with van der Waals surface area (Å²) in [6.45, 7) is 22.1. The minimum Gasteiger partial charge on any atom is -0.548 e. The molecule has 4 aromatic carbocycles. The van der Waals surface area contributed by atoms with E-state index >= 15 is 0 Å². The molecular formula is C47H53ClO6S2Si. The van der Waals surface area contributed by atoms with Gasteiger partial charge in [0.1, 0.15) is 28.6 Å². The molecule has 5 rings (SSSR count). The summed E-state index contributed by atoms with van der Waals surface area (Å²) in [5.74, 6) is 4.83. The zero-order valence-corrected chi connectivity index (χ0v) is 37.8. The molecule has 10 heteroatoms. The van der Waals surface area contributed by atoms with Gasteiger partial charge >= 0.3 is 5.63 Å². The van der Waals surface area contributed by atoms with Crippen molar-refractivity contribution in [2.75, 3.05) is 11.5 Å². The van der Waals surface area contributed by atoms with Crippen molar-refractivity contribution in [2.45, 2.75) is 83.8 Å². The quantitative estimate of drug-likeness (QED) is 0.0313. The predicted octanol–water partition coefficient (Wildman–Crippen LogP) is 12.4. The highest BCUT2D eigenvalue weighted by Crippen LogP contribution is 2.33. The van der Waals surface area contributed by atoms with E-state index < -0.39 is 19.2 Å². The second-order valence-electron chi connectivity index (χ2n) is 14.6. The third kappa shape index (κ3) is 15.4. The third-order valence-corrected chi connectivity index (χ3v) is 11.5. The van der Waals surface area contributed by atoms with E-state index in [9.17, 15) is 19.5 Å². The van der Waals surface area contributed by atoms with Crippen molar-refractivity contribution in [3.63, 3.8) is 0 Å². The maximum absolute atomic E-state index is 12.6. The van der Waals surface area contributed by atoms with Crippen molar-refractivity contribution in [2.24, 2.45) is 0 Å². The molecule has 0 spiro atoms. The maximum atomic E-state index is 12.6. The van der Waals surface area contributed by atoms with Crippen LogP contribution in [0.25, 0.3) is 16.7 Å². The van der Waals surface area contributed by atoms with Gasteiger partial charge in [0, 0.05) is 45.8 Å². The molecule has 1 heterocycles. The summed E-state index contributed by atoms with van der Waals surface area (Å²) in [6.07, 6.45) is 1.51. The Kier molecular flexibility index (Phi) is 18.5. The monoisotopic (exact) mass is 840 g/mol. The van der Waals surface area contributed by atoms with Crippen molar-refractivity contribution in [3.8, 4) is 16.9 Å². The van der Waals surface area contributed by atoms with Crippen LogP contribution in [0.3, 0.4) is 0 Å². The molecule has 0 fully saturated rings. The average molecular weight is 842 g/mol. The van der Waals surface area contributed by atoms with E-state index in [1.807, 2.05) is 114 Å². The lowest BCUT2D eigenvalue weighted by Gasteiger charge is -2.20. The van der Waals surface area contributed by atoms with Gasteiger partial charge in [-0.3, -0.25) is 4.79 Å². The minimum absolute atomic E-state index is 0.0176. The second kappa shape index (κ2) is 22.4. The van der Waals surface area contributed by atoms with Crippen molar-refractivity contribution in [1.29, 1.82) is 0 Å². The second-order valence-corrected chi connectivity index (χ2v) is 21.7. The van der Waals surface area contributed by atoms with E-state index in [0.717, 1.165) is 62.6 Å². The fourth-order valence-corrected chi connectivity index (χ4v) is 9.19. The van der Waals surface area contributed by atoms with Crippen LogP contribution in [0.4, 0.5) is 0 Å². The van der Waals surface area contributed by atoms with E-state index in [2.05, 4.69) is 50.5 Å². The number of hydrogen-bond acceptors (Lipinski definition) is 8. The molecule has 6 nitrogen and oxygen atoms in total. The number of halogens is 1. The first-order valence-electron chi connectivity index (χ1n) is 18.6. The number of hydrogen-bond donors (Lipinski definition) is 1. The standard InChI is InChI=1S/C22H22O3S.C13H20OSSi.C12H11ClO2/c1-14-11-15(2)20(16(3)12-14)21-19(23)13-17(25-22(21)24)9-10-26-18-7-5-4-6-8-18;1-12(14-16(2,3)4)10-11-15-13-8-6-5-7-9-13;1-7-4-8(2)11(9(3)5-7)10(6-14)12(13)15/h4-8,11-13,23H,9-10H2,1-3H3;5-9H,1,10-11H2,2-4H3;4-5H,1-3H3. The molecule has 0 bridgehead atoms. The Morgan fingerprint density at radius 1 is 0.772 bits per heavy atom. The Morgan fingerprint density at radius 3 is 1.68 bits per heavy atom. The summed E-state index contributed by atoms with van der Waals surface area (Å²) in [6, 6.07) is 29.9. The SMILES string of the molecule is C=C(CCSc1ccccc1)O[Si](C)(C)C.Cc1cc(C)c(-c2c(O)cc(CCSc3ccccc3)oc2=O)c(C)c1.Cc1cc(C)c(C(=C=O)C(=O)Cl)c(C)c1. The van der Waals surface area contributed by atoms with E-state index in [-0.39, 0.29) is 16.9 Å². The molecule has 0 unspecified atom stereocenters. The van der Waals surface area contributed by atoms with Crippen LogP contribution >= 0.6 is 35.1 Å². The smallest absolute Gasteiger partial charge is 0.347 e. The fraction of sp³-hybridized carbons (Fsp3) is 0.277. The first-order valence-corrected chi connectivity index (χ1v) is 24.4. The molecule has 1 aromatic heterocycles. The lowest BCUT2D eigenvalue weighted by atomic mass is 9.94. The van der Waals surface area contributed by atoms with Crippen LogP contribution in [-0.4, -0.2) is 36.1 Å². The van der Waals surface area contributed by atoms with Gasteiger partial charge in [-0.1, -0.05) is 78.4 Å². The summed E-state index contributed by atoms with van der Waals surface area (Å²) >= 11 is 8.86. The summed E-state index contributed by atoms with van der Waals surface area (Å²) < 4.78 is 11.3. The lowest BCUT2D eigenvalue weighted by molar-refractivity contribution is -0.106. The number of rotatable bonds is 13. The highest BCUT2D eigenvalue weighted by Gasteiger charge is 2.19. The van der Waals surface area contributed by atoms with Gasteiger partial charge in [-0.2, -0.15) is 0 Å². The van der Waals surface area contributed by atoms with Crippen LogP contribution in [0.15, 0.2) is 122 Å². The van der Waals surface area contributed by atoms with Crippen molar-refractivity contribution < 1.29 is 23.5 Å². The Labute approximate surface area is 352 Å². The van der Waals surface area contributed by atoms with Crippen LogP contribution in [0.1, 0.15) is 51.1 Å². The van der Waals surface area contributed by atoms with Crippen LogP contribution in [0.2, 0.25) is 19.6 Å². The number of allylic oxidation sites excluding steroid dienone is 2. The van der Waals surface area contributed by atoms with E-state index in [1.54, 1.807) is 23.8 Å². The molecule has 0 saturated heterocycles. The Bertz CT molecular complexity index is 2210. The lowest BCUT2D eigenvalue weighted by Crippen LogP contribution is -2.24. The Morgan fingerprint density at radius 2 is 1.25 bits per heavy atom. The van der Waals surface area contributed by atoms with Gasteiger partial charge in [0.15, 0.2) is 0 Å². The predicted molar refractivity (Wildman–Crippen MR) is 243 cm³/mol. The van der Waals surface area contributed by atoms with Gasteiger partial charge in [-0.05, 0) is 125 Å². The molecule has 0 radical (unpaired) electrons. The number of thioether (sulfide) groups is 2. The summed E-state index contributed by atoms with van der Waals surface area (Å²) in [4.78, 5) is 36.7. The molecule has 0 atom stereocenters. The zero-order valence-electron chi connectivity index (χ0n) is 34.4. The molecule has 57 heavy (non-hydrogen) atoms. The first-order chi connectivity index (χ1) is 26.9. The number of aromatic hydroxyl groups is 1. The summed E-state index contributed by atoms with van der Waals surface area (Å²) in [7, 11) is -1.46. The summed E-state index contributed by atoms with van der Waals surface area (Å²) in [5, 5.41) is 9.73. The van der Waals surface area contributed by atoms with Crippen molar-refractivity contribution in [1.82, 2.24) is 0 Å². The molecular weight excluding hydrogens is 788 g/mol. The van der Waals surface area contributed by atoms with Gasteiger partial charge in [0.2, 0.25) is 8.32 Å². The van der Waals surface area contributed by atoms with Gasteiger partial charge in [-0.15, -0.1) is 23.5 Å². The number of carbonyl (C=O) groups is 1. The molecule has 0 saturated carbocycles. The van der Waals surface area contributed by atoms with E-state index in [1.165, 1.54) is 9.79 Å².